The van der Waals surface area contributed by atoms with Crippen molar-refractivity contribution in [1.82, 2.24) is 0 Å². The molecule has 1 heteroatoms. The van der Waals surface area contributed by atoms with Crippen molar-refractivity contribution in [1.29, 1.82) is 0 Å². The summed E-state index contributed by atoms with van der Waals surface area (Å²) in [6.07, 6.45) is 8.11. The quantitative estimate of drug-likeness (QED) is 0.584. The van der Waals surface area contributed by atoms with Gasteiger partial charge >= 0.3 is 0 Å². The zero-order valence-electron chi connectivity index (χ0n) is 7.14. The molecule has 0 aromatic heterocycles. The molecule has 0 aromatic rings. The molecule has 2 N–H and O–H groups in total. The summed E-state index contributed by atoms with van der Waals surface area (Å²) < 4.78 is 0. The Kier molecular flexibility index (Phi) is 6.61. The summed E-state index contributed by atoms with van der Waals surface area (Å²) in [5.74, 6) is 0.616. The van der Waals surface area contributed by atoms with Gasteiger partial charge in [-0.3, -0.25) is 0 Å². The van der Waals surface area contributed by atoms with Crippen LogP contribution >= 0.6 is 0 Å². The van der Waals surface area contributed by atoms with Gasteiger partial charge in [-0.25, -0.2) is 0 Å². The zero-order valence-corrected chi connectivity index (χ0v) is 7.14. The predicted molar refractivity (Wildman–Crippen MR) is 46.9 cm³/mol. The van der Waals surface area contributed by atoms with Crippen LogP contribution in [-0.2, 0) is 0 Å². The molecule has 0 saturated heterocycles. The van der Waals surface area contributed by atoms with Crippen LogP contribution in [0.15, 0.2) is 12.2 Å². The van der Waals surface area contributed by atoms with Crippen LogP contribution in [0.25, 0.3) is 0 Å². The number of hydrogen-bond donors (Lipinski definition) is 1. The maximum atomic E-state index is 5.55. The van der Waals surface area contributed by atoms with Crippen molar-refractivity contribution in [3.63, 3.8) is 0 Å². The SMILES string of the molecule is C/C=C\C(CN)CCCC. The second-order valence-corrected chi connectivity index (χ2v) is 2.66. The highest BCUT2D eigenvalue weighted by molar-refractivity contribution is 4.85. The Morgan fingerprint density at radius 2 is 2.20 bits per heavy atom. The first kappa shape index (κ1) is 9.70. The summed E-state index contributed by atoms with van der Waals surface area (Å²) >= 11 is 0. The van der Waals surface area contributed by atoms with Gasteiger partial charge in [0.05, 0.1) is 0 Å². The minimum Gasteiger partial charge on any atom is -0.330 e. The van der Waals surface area contributed by atoms with Crippen LogP contribution < -0.4 is 5.73 Å². The Morgan fingerprint density at radius 3 is 2.60 bits per heavy atom. The highest BCUT2D eigenvalue weighted by atomic mass is 14.5. The largest absolute Gasteiger partial charge is 0.330 e. The third-order valence-electron chi connectivity index (χ3n) is 1.70. The maximum Gasteiger partial charge on any atom is -0.00142 e. The van der Waals surface area contributed by atoms with E-state index in [9.17, 15) is 0 Å². The fourth-order valence-corrected chi connectivity index (χ4v) is 1.03. The summed E-state index contributed by atoms with van der Waals surface area (Å²) in [4.78, 5) is 0. The van der Waals surface area contributed by atoms with Gasteiger partial charge in [-0.15, -0.1) is 0 Å². The minimum absolute atomic E-state index is 0.616. The van der Waals surface area contributed by atoms with Gasteiger partial charge in [0.2, 0.25) is 0 Å². The van der Waals surface area contributed by atoms with E-state index in [1.54, 1.807) is 0 Å². The van der Waals surface area contributed by atoms with Crippen molar-refractivity contribution < 1.29 is 0 Å². The van der Waals surface area contributed by atoms with E-state index >= 15 is 0 Å². The second kappa shape index (κ2) is 6.81. The molecule has 0 aliphatic carbocycles. The molecule has 0 fully saturated rings. The van der Waals surface area contributed by atoms with Gasteiger partial charge in [-0.2, -0.15) is 0 Å². The van der Waals surface area contributed by atoms with Crippen molar-refractivity contribution >= 4 is 0 Å². The predicted octanol–water partition coefficient (Wildman–Crippen LogP) is 2.33. The Bertz CT molecular complexity index is 86.7. The molecule has 0 amide bonds. The molecule has 0 rings (SSSR count). The van der Waals surface area contributed by atoms with Gasteiger partial charge in [0.15, 0.2) is 0 Å². The Hall–Kier alpha value is -0.300. The van der Waals surface area contributed by atoms with E-state index in [4.69, 9.17) is 5.73 Å². The molecule has 1 nitrogen and oxygen atoms in total. The third-order valence-corrected chi connectivity index (χ3v) is 1.70. The molecule has 0 radical (unpaired) electrons. The number of hydrogen-bond acceptors (Lipinski definition) is 1. The topological polar surface area (TPSA) is 26.0 Å². The Balaban J connectivity index is 3.39. The van der Waals surface area contributed by atoms with Crippen molar-refractivity contribution in [2.45, 2.75) is 33.1 Å². The van der Waals surface area contributed by atoms with E-state index in [-0.39, 0.29) is 0 Å². The smallest absolute Gasteiger partial charge is 0.00142 e. The van der Waals surface area contributed by atoms with Gasteiger partial charge in [-0.1, -0.05) is 31.9 Å². The minimum atomic E-state index is 0.616. The van der Waals surface area contributed by atoms with Crippen LogP contribution in [0.2, 0.25) is 0 Å². The van der Waals surface area contributed by atoms with Gasteiger partial charge in [0, 0.05) is 0 Å². The average molecular weight is 141 g/mol. The second-order valence-electron chi connectivity index (χ2n) is 2.66. The number of unbranched alkanes of at least 4 members (excludes halogenated alkanes) is 1. The van der Waals surface area contributed by atoms with E-state index in [1.165, 1.54) is 19.3 Å². The first-order valence-corrected chi connectivity index (χ1v) is 4.18. The van der Waals surface area contributed by atoms with Gasteiger partial charge in [-0.05, 0) is 25.8 Å². The van der Waals surface area contributed by atoms with E-state index < -0.39 is 0 Å². The van der Waals surface area contributed by atoms with Crippen LogP contribution in [-0.4, -0.2) is 6.54 Å². The van der Waals surface area contributed by atoms with Crippen LogP contribution in [0.4, 0.5) is 0 Å². The van der Waals surface area contributed by atoms with Crippen molar-refractivity contribution in [3.8, 4) is 0 Å². The Labute approximate surface area is 64.3 Å². The summed E-state index contributed by atoms with van der Waals surface area (Å²) in [5, 5.41) is 0. The van der Waals surface area contributed by atoms with E-state index in [0.29, 0.717) is 5.92 Å². The third kappa shape index (κ3) is 4.57. The lowest BCUT2D eigenvalue weighted by Crippen LogP contribution is -2.11. The molecular formula is C9H19N. The molecule has 1 atom stereocenters. The number of rotatable bonds is 5. The maximum absolute atomic E-state index is 5.55. The Morgan fingerprint density at radius 1 is 1.50 bits per heavy atom. The number of nitrogens with two attached hydrogens (primary N) is 1. The molecule has 0 saturated carbocycles. The van der Waals surface area contributed by atoms with Crippen LogP contribution in [0.5, 0.6) is 0 Å². The van der Waals surface area contributed by atoms with E-state index in [0.717, 1.165) is 6.54 Å². The van der Waals surface area contributed by atoms with Crippen molar-refractivity contribution in [2.24, 2.45) is 11.7 Å². The van der Waals surface area contributed by atoms with Crippen LogP contribution in [0.1, 0.15) is 33.1 Å². The van der Waals surface area contributed by atoms with E-state index in [2.05, 4.69) is 26.0 Å². The monoisotopic (exact) mass is 141 g/mol. The molecule has 0 aliphatic heterocycles. The lowest BCUT2D eigenvalue weighted by Gasteiger charge is -2.07. The van der Waals surface area contributed by atoms with Gasteiger partial charge < -0.3 is 5.73 Å². The molecule has 60 valence electrons. The average Bonchev–Trinajstić information content (AvgIpc) is 1.98. The summed E-state index contributed by atoms with van der Waals surface area (Å²) in [6.45, 7) is 5.06. The van der Waals surface area contributed by atoms with Gasteiger partial charge in [0.1, 0.15) is 0 Å². The summed E-state index contributed by atoms with van der Waals surface area (Å²) in [5.41, 5.74) is 5.55. The van der Waals surface area contributed by atoms with Crippen molar-refractivity contribution in [3.05, 3.63) is 12.2 Å². The lowest BCUT2D eigenvalue weighted by molar-refractivity contribution is 0.563. The van der Waals surface area contributed by atoms with E-state index in [1.807, 2.05) is 0 Å². The summed E-state index contributed by atoms with van der Waals surface area (Å²) in [6, 6.07) is 0. The molecule has 0 spiro atoms. The fraction of sp³-hybridized carbons (Fsp3) is 0.778. The molecule has 10 heavy (non-hydrogen) atoms. The standard InChI is InChI=1S/C9H19N/c1-3-5-7-9(8-10)6-4-2/h4,6,9H,3,5,7-8,10H2,1-2H3/b6-4-. The number of allylic oxidation sites excluding steroid dienone is 1. The lowest BCUT2D eigenvalue weighted by atomic mass is 10.0. The molecule has 1 unspecified atom stereocenters. The first-order chi connectivity index (χ1) is 4.85. The van der Waals surface area contributed by atoms with Crippen LogP contribution in [0, 0.1) is 5.92 Å². The normalized spacial score (nSPS) is 14.3. The van der Waals surface area contributed by atoms with Crippen molar-refractivity contribution in [2.75, 3.05) is 6.54 Å². The van der Waals surface area contributed by atoms with Crippen LogP contribution in [0.3, 0.4) is 0 Å². The molecule has 0 aliphatic rings. The molecular weight excluding hydrogens is 122 g/mol. The highest BCUT2D eigenvalue weighted by Crippen LogP contribution is 2.07. The molecule has 0 bridgehead atoms. The fourth-order valence-electron chi connectivity index (χ4n) is 1.03. The highest BCUT2D eigenvalue weighted by Gasteiger charge is 1.98. The molecule has 0 heterocycles. The summed E-state index contributed by atoms with van der Waals surface area (Å²) in [7, 11) is 0. The van der Waals surface area contributed by atoms with Gasteiger partial charge in [0.25, 0.3) is 0 Å². The zero-order chi connectivity index (χ0) is 7.82. The first-order valence-electron chi connectivity index (χ1n) is 4.18. The molecule has 0 aromatic carbocycles.